The second kappa shape index (κ2) is 4.61. The van der Waals surface area contributed by atoms with Crippen LogP contribution in [0.3, 0.4) is 0 Å². The number of rotatable bonds is 3. The molecule has 0 bridgehead atoms. The Morgan fingerprint density at radius 3 is 3.11 bits per heavy atom. The monoisotopic (exact) mass is 264 g/mol. The standard InChI is InChI=1S/C13H20N4O2/c1-14-13(12(18)19)3-2-10(8-13)17-7-6-16-5-4-15-11(16)9-17/h4-5,10,14H,2-3,6-9H2,1H3,(H,18,19). The number of imidazole rings is 1. The van der Waals surface area contributed by atoms with Crippen LogP contribution >= 0.6 is 0 Å². The second-order valence-electron chi connectivity index (χ2n) is 5.54. The SMILES string of the molecule is CNC1(C(=O)O)CCC(N2CCn3ccnc3C2)C1. The van der Waals surface area contributed by atoms with E-state index in [-0.39, 0.29) is 0 Å². The van der Waals surface area contributed by atoms with Gasteiger partial charge in [-0.3, -0.25) is 9.69 Å². The summed E-state index contributed by atoms with van der Waals surface area (Å²) in [5.41, 5.74) is -0.739. The van der Waals surface area contributed by atoms with E-state index in [2.05, 4.69) is 19.8 Å². The van der Waals surface area contributed by atoms with Crippen LogP contribution in [0.5, 0.6) is 0 Å². The normalized spacial score (nSPS) is 31.3. The van der Waals surface area contributed by atoms with E-state index in [9.17, 15) is 9.90 Å². The number of hydrogen-bond acceptors (Lipinski definition) is 4. The molecule has 0 radical (unpaired) electrons. The molecule has 2 aliphatic rings. The number of nitrogens with one attached hydrogen (secondary N) is 1. The first-order valence-corrected chi connectivity index (χ1v) is 6.81. The van der Waals surface area contributed by atoms with Gasteiger partial charge in [-0.05, 0) is 26.3 Å². The molecule has 1 aromatic rings. The highest BCUT2D eigenvalue weighted by atomic mass is 16.4. The third kappa shape index (κ3) is 2.04. The van der Waals surface area contributed by atoms with Crippen LogP contribution < -0.4 is 5.32 Å². The van der Waals surface area contributed by atoms with Crippen molar-refractivity contribution in [1.82, 2.24) is 19.8 Å². The van der Waals surface area contributed by atoms with E-state index in [4.69, 9.17) is 0 Å². The fraction of sp³-hybridized carbons (Fsp3) is 0.692. The van der Waals surface area contributed by atoms with E-state index in [0.29, 0.717) is 18.9 Å². The molecule has 19 heavy (non-hydrogen) atoms. The number of aromatic nitrogens is 2. The molecule has 6 nitrogen and oxygen atoms in total. The Kier molecular flexibility index (Phi) is 3.06. The van der Waals surface area contributed by atoms with Gasteiger partial charge in [-0.25, -0.2) is 4.98 Å². The fourth-order valence-corrected chi connectivity index (χ4v) is 3.36. The minimum atomic E-state index is -0.739. The van der Waals surface area contributed by atoms with E-state index >= 15 is 0 Å². The Bertz CT molecular complexity index is 487. The summed E-state index contributed by atoms with van der Waals surface area (Å²) in [7, 11) is 1.75. The van der Waals surface area contributed by atoms with Gasteiger partial charge in [-0.2, -0.15) is 0 Å². The van der Waals surface area contributed by atoms with Gasteiger partial charge in [0, 0.05) is 31.5 Å². The summed E-state index contributed by atoms with van der Waals surface area (Å²) in [6.07, 6.45) is 6.17. The molecule has 2 heterocycles. The molecule has 1 aliphatic carbocycles. The highest BCUT2D eigenvalue weighted by molar-refractivity contribution is 5.79. The lowest BCUT2D eigenvalue weighted by Gasteiger charge is -2.33. The highest BCUT2D eigenvalue weighted by Crippen LogP contribution is 2.34. The largest absolute Gasteiger partial charge is 0.480 e. The third-order valence-electron chi connectivity index (χ3n) is 4.67. The van der Waals surface area contributed by atoms with E-state index in [0.717, 1.165) is 31.9 Å². The molecule has 1 fully saturated rings. The van der Waals surface area contributed by atoms with Crippen LogP contribution in [0.1, 0.15) is 25.1 Å². The van der Waals surface area contributed by atoms with Gasteiger partial charge in [0.05, 0.1) is 6.54 Å². The molecule has 6 heteroatoms. The van der Waals surface area contributed by atoms with Gasteiger partial charge in [0.25, 0.3) is 0 Å². The first-order valence-electron chi connectivity index (χ1n) is 6.81. The van der Waals surface area contributed by atoms with Crippen molar-refractivity contribution in [3.05, 3.63) is 18.2 Å². The Labute approximate surface area is 112 Å². The first kappa shape index (κ1) is 12.6. The van der Waals surface area contributed by atoms with Crippen molar-refractivity contribution < 1.29 is 9.90 Å². The van der Waals surface area contributed by atoms with Gasteiger partial charge < -0.3 is 15.0 Å². The van der Waals surface area contributed by atoms with Gasteiger partial charge in [0.15, 0.2) is 0 Å². The zero-order chi connectivity index (χ0) is 13.5. The van der Waals surface area contributed by atoms with Gasteiger partial charge >= 0.3 is 5.97 Å². The summed E-state index contributed by atoms with van der Waals surface area (Å²) in [6.45, 7) is 2.76. The number of likely N-dealkylation sites (N-methyl/N-ethyl adjacent to an activating group) is 1. The van der Waals surface area contributed by atoms with Crippen molar-refractivity contribution in [3.63, 3.8) is 0 Å². The topological polar surface area (TPSA) is 70.4 Å². The summed E-state index contributed by atoms with van der Waals surface area (Å²) in [5, 5.41) is 12.4. The lowest BCUT2D eigenvalue weighted by molar-refractivity contribution is -0.144. The maximum absolute atomic E-state index is 11.4. The number of nitrogens with zero attached hydrogens (tertiary/aromatic N) is 3. The van der Waals surface area contributed by atoms with Crippen molar-refractivity contribution in [2.75, 3.05) is 13.6 Å². The average molecular weight is 264 g/mol. The van der Waals surface area contributed by atoms with E-state index in [1.54, 1.807) is 7.05 Å². The summed E-state index contributed by atoms with van der Waals surface area (Å²) in [4.78, 5) is 18.2. The molecule has 0 spiro atoms. The molecule has 2 N–H and O–H groups in total. The molecule has 0 amide bonds. The van der Waals surface area contributed by atoms with Gasteiger partial charge in [-0.1, -0.05) is 0 Å². The zero-order valence-electron chi connectivity index (χ0n) is 11.2. The van der Waals surface area contributed by atoms with E-state index in [1.165, 1.54) is 0 Å². The van der Waals surface area contributed by atoms with Crippen LogP contribution in [0.25, 0.3) is 0 Å². The Morgan fingerprint density at radius 2 is 2.42 bits per heavy atom. The molecule has 104 valence electrons. The van der Waals surface area contributed by atoms with E-state index in [1.807, 2.05) is 12.4 Å². The number of hydrogen-bond donors (Lipinski definition) is 2. The summed E-state index contributed by atoms with van der Waals surface area (Å²) in [5.74, 6) is 0.361. The first-order chi connectivity index (χ1) is 9.14. The lowest BCUT2D eigenvalue weighted by atomic mass is 9.97. The summed E-state index contributed by atoms with van der Waals surface area (Å²) in [6, 6.07) is 0.342. The molecule has 0 aromatic carbocycles. The number of aliphatic carboxylic acids is 1. The van der Waals surface area contributed by atoms with E-state index < -0.39 is 11.5 Å². The van der Waals surface area contributed by atoms with Crippen molar-refractivity contribution in [3.8, 4) is 0 Å². The number of carboxylic acids is 1. The second-order valence-corrected chi connectivity index (χ2v) is 5.54. The van der Waals surface area contributed by atoms with Crippen LogP contribution in [0.15, 0.2) is 12.4 Å². The molecule has 0 saturated heterocycles. The number of carbonyl (C=O) groups is 1. The van der Waals surface area contributed by atoms with Gasteiger partial charge in [0.2, 0.25) is 0 Å². The Hall–Kier alpha value is -1.40. The van der Waals surface area contributed by atoms with Crippen LogP contribution in [0, 0.1) is 0 Å². The lowest BCUT2D eigenvalue weighted by Crippen LogP contribution is -2.50. The quantitative estimate of drug-likeness (QED) is 0.821. The maximum Gasteiger partial charge on any atom is 0.323 e. The van der Waals surface area contributed by atoms with Crippen molar-refractivity contribution in [1.29, 1.82) is 0 Å². The van der Waals surface area contributed by atoms with Crippen molar-refractivity contribution in [2.24, 2.45) is 0 Å². The summed E-state index contributed by atoms with van der Waals surface area (Å²) < 4.78 is 2.17. The van der Waals surface area contributed by atoms with Crippen molar-refractivity contribution >= 4 is 5.97 Å². The predicted molar refractivity (Wildman–Crippen MR) is 69.7 cm³/mol. The molecular formula is C13H20N4O2. The predicted octanol–water partition coefficient (Wildman–Crippen LogP) is 0.294. The summed E-state index contributed by atoms with van der Waals surface area (Å²) >= 11 is 0. The van der Waals surface area contributed by atoms with Gasteiger partial charge in [0.1, 0.15) is 11.4 Å². The fourth-order valence-electron chi connectivity index (χ4n) is 3.36. The minimum Gasteiger partial charge on any atom is -0.480 e. The molecule has 3 rings (SSSR count). The third-order valence-corrected chi connectivity index (χ3v) is 4.67. The molecule has 1 aromatic heterocycles. The van der Waals surface area contributed by atoms with Crippen LogP contribution in [0.4, 0.5) is 0 Å². The van der Waals surface area contributed by atoms with Crippen LogP contribution in [-0.2, 0) is 17.9 Å². The van der Waals surface area contributed by atoms with Crippen molar-refractivity contribution in [2.45, 2.75) is 43.9 Å². The molecule has 2 unspecified atom stereocenters. The average Bonchev–Trinajstić information content (AvgIpc) is 3.05. The minimum absolute atomic E-state index is 0.342. The number of carboxylic acid groups (broad SMARTS) is 1. The molecule has 2 atom stereocenters. The number of fused-ring (bicyclic) bond motifs is 1. The molecule has 1 aliphatic heterocycles. The van der Waals surface area contributed by atoms with Crippen LogP contribution in [0.2, 0.25) is 0 Å². The Morgan fingerprint density at radius 1 is 1.58 bits per heavy atom. The van der Waals surface area contributed by atoms with Crippen LogP contribution in [-0.4, -0.2) is 50.7 Å². The molecule has 1 saturated carbocycles. The Balaban J connectivity index is 1.71. The molecular weight excluding hydrogens is 244 g/mol. The smallest absolute Gasteiger partial charge is 0.323 e. The maximum atomic E-state index is 11.4. The highest BCUT2D eigenvalue weighted by Gasteiger charge is 2.46. The van der Waals surface area contributed by atoms with Gasteiger partial charge in [-0.15, -0.1) is 0 Å². The zero-order valence-corrected chi connectivity index (χ0v) is 11.2.